The van der Waals surface area contributed by atoms with Crippen molar-refractivity contribution in [2.24, 2.45) is 5.73 Å². The van der Waals surface area contributed by atoms with Crippen molar-refractivity contribution in [3.63, 3.8) is 0 Å². The number of hydrogen-bond donors (Lipinski definition) is 4. The van der Waals surface area contributed by atoms with E-state index in [1.165, 1.54) is 0 Å². The fourth-order valence-corrected chi connectivity index (χ4v) is 1.83. The van der Waals surface area contributed by atoms with Crippen LogP contribution in [0.15, 0.2) is 24.4 Å². The summed E-state index contributed by atoms with van der Waals surface area (Å²) in [6.45, 7) is 1.92. The highest BCUT2D eigenvalue weighted by atomic mass is 16.3. The van der Waals surface area contributed by atoms with Crippen molar-refractivity contribution >= 4 is 16.8 Å². The van der Waals surface area contributed by atoms with Crippen LogP contribution < -0.4 is 5.73 Å². The van der Waals surface area contributed by atoms with Gasteiger partial charge < -0.3 is 20.9 Å². The third-order valence-electron chi connectivity index (χ3n) is 2.78. The summed E-state index contributed by atoms with van der Waals surface area (Å²) in [4.78, 5) is 13.8. The molecule has 0 saturated heterocycles. The van der Waals surface area contributed by atoms with Crippen LogP contribution in [0.3, 0.4) is 0 Å². The molecule has 0 aliphatic carbocycles. The van der Waals surface area contributed by atoms with Gasteiger partial charge in [0, 0.05) is 22.7 Å². The summed E-state index contributed by atoms with van der Waals surface area (Å²) in [6.07, 6.45) is -1.35. The number of primary amides is 1. The van der Waals surface area contributed by atoms with Gasteiger partial charge in [0.1, 0.15) is 6.10 Å². The van der Waals surface area contributed by atoms with Crippen molar-refractivity contribution in [3.05, 3.63) is 35.5 Å². The molecule has 1 heterocycles. The Morgan fingerprint density at radius 1 is 1.41 bits per heavy atom. The van der Waals surface area contributed by atoms with E-state index < -0.39 is 18.1 Å². The number of hydrogen-bond acceptors (Lipinski definition) is 3. The number of benzene rings is 1. The van der Waals surface area contributed by atoms with Gasteiger partial charge in [-0.15, -0.1) is 0 Å². The molecule has 5 nitrogen and oxygen atoms in total. The largest absolute Gasteiger partial charge is 0.385 e. The molecule has 17 heavy (non-hydrogen) atoms. The first-order chi connectivity index (χ1) is 8.00. The third kappa shape index (κ3) is 2.02. The molecule has 0 bridgehead atoms. The fourth-order valence-electron chi connectivity index (χ4n) is 1.83. The lowest BCUT2D eigenvalue weighted by molar-refractivity contribution is -0.131. The number of nitrogens with one attached hydrogen (secondary N) is 1. The summed E-state index contributed by atoms with van der Waals surface area (Å²) in [5, 5.41) is 20.1. The Bertz CT molecular complexity index is 562. The van der Waals surface area contributed by atoms with Gasteiger partial charge in [-0.25, -0.2) is 0 Å². The predicted octanol–water partition coefficient (Wildman–Crippen LogP) is 0.356. The van der Waals surface area contributed by atoms with Gasteiger partial charge in [-0.1, -0.05) is 11.6 Å². The van der Waals surface area contributed by atoms with Crippen LogP contribution in [0.4, 0.5) is 0 Å². The average molecular weight is 234 g/mol. The molecule has 5 heteroatoms. The van der Waals surface area contributed by atoms with E-state index in [1.807, 2.05) is 25.1 Å². The Kier molecular flexibility index (Phi) is 2.87. The first-order valence-corrected chi connectivity index (χ1v) is 5.24. The maximum absolute atomic E-state index is 10.8. The molecule has 0 spiro atoms. The normalized spacial score (nSPS) is 14.8. The van der Waals surface area contributed by atoms with E-state index in [-0.39, 0.29) is 0 Å². The van der Waals surface area contributed by atoms with Crippen molar-refractivity contribution in [2.75, 3.05) is 0 Å². The van der Waals surface area contributed by atoms with Gasteiger partial charge in [-0.3, -0.25) is 4.79 Å². The van der Waals surface area contributed by atoms with E-state index in [4.69, 9.17) is 5.73 Å². The molecule has 0 aliphatic heterocycles. The molecule has 0 aliphatic rings. The number of aromatic amines is 1. The quantitative estimate of drug-likeness (QED) is 0.616. The number of aliphatic hydroxyl groups is 2. The zero-order chi connectivity index (χ0) is 12.6. The zero-order valence-corrected chi connectivity index (χ0v) is 9.34. The van der Waals surface area contributed by atoms with E-state index in [1.54, 1.807) is 6.20 Å². The van der Waals surface area contributed by atoms with Crippen LogP contribution in [0.1, 0.15) is 17.2 Å². The lowest BCUT2D eigenvalue weighted by Crippen LogP contribution is -2.33. The molecule has 90 valence electrons. The number of H-pyrrole nitrogens is 1. The second-order valence-corrected chi connectivity index (χ2v) is 4.09. The number of rotatable bonds is 3. The lowest BCUT2D eigenvalue weighted by Gasteiger charge is -2.14. The first kappa shape index (κ1) is 11.6. The Labute approximate surface area is 97.9 Å². The number of nitrogens with two attached hydrogens (primary N) is 1. The molecule has 2 aromatic rings. The van der Waals surface area contributed by atoms with Crippen LogP contribution in [0.5, 0.6) is 0 Å². The number of aromatic nitrogens is 1. The zero-order valence-electron chi connectivity index (χ0n) is 9.34. The third-order valence-corrected chi connectivity index (χ3v) is 2.78. The summed E-state index contributed by atoms with van der Waals surface area (Å²) < 4.78 is 0. The SMILES string of the molecule is Cc1ccc2[nH]cc(C(O)C(O)C(N)=O)c2c1. The summed E-state index contributed by atoms with van der Waals surface area (Å²) in [7, 11) is 0. The maximum Gasteiger partial charge on any atom is 0.249 e. The highest BCUT2D eigenvalue weighted by Crippen LogP contribution is 2.26. The number of aryl methyl sites for hydroxylation is 1. The number of fused-ring (bicyclic) bond motifs is 1. The topological polar surface area (TPSA) is 99.3 Å². The first-order valence-electron chi connectivity index (χ1n) is 5.24. The number of carbonyl (C=O) groups excluding carboxylic acids is 1. The monoisotopic (exact) mass is 234 g/mol. The van der Waals surface area contributed by atoms with Crippen molar-refractivity contribution in [1.82, 2.24) is 4.98 Å². The van der Waals surface area contributed by atoms with E-state index in [0.717, 1.165) is 16.5 Å². The average Bonchev–Trinajstić information content (AvgIpc) is 2.69. The van der Waals surface area contributed by atoms with Crippen LogP contribution in [-0.4, -0.2) is 27.2 Å². The summed E-state index contributed by atoms with van der Waals surface area (Å²) in [6, 6.07) is 5.68. The molecule has 5 N–H and O–H groups in total. The van der Waals surface area contributed by atoms with Crippen molar-refractivity contribution in [3.8, 4) is 0 Å². The Morgan fingerprint density at radius 2 is 2.12 bits per heavy atom. The molecule has 2 atom stereocenters. The second-order valence-electron chi connectivity index (χ2n) is 4.09. The molecule has 1 amide bonds. The second kappa shape index (κ2) is 4.20. The number of aliphatic hydroxyl groups excluding tert-OH is 2. The van der Waals surface area contributed by atoms with Gasteiger partial charge in [0.05, 0.1) is 0 Å². The smallest absolute Gasteiger partial charge is 0.249 e. The van der Waals surface area contributed by atoms with Crippen LogP contribution in [0.2, 0.25) is 0 Å². The molecular formula is C12H14N2O3. The highest BCUT2D eigenvalue weighted by Gasteiger charge is 2.25. The van der Waals surface area contributed by atoms with Crippen molar-refractivity contribution in [2.45, 2.75) is 19.1 Å². The molecule has 0 fully saturated rings. The lowest BCUT2D eigenvalue weighted by atomic mass is 10.0. The molecule has 1 aromatic heterocycles. The Balaban J connectivity index is 2.48. The predicted molar refractivity (Wildman–Crippen MR) is 63.2 cm³/mol. The van der Waals surface area contributed by atoms with Gasteiger partial charge in [0.2, 0.25) is 5.91 Å². The van der Waals surface area contributed by atoms with Gasteiger partial charge in [-0.05, 0) is 19.1 Å². The van der Waals surface area contributed by atoms with Gasteiger partial charge in [-0.2, -0.15) is 0 Å². The molecule has 1 aromatic carbocycles. The number of amides is 1. The maximum atomic E-state index is 10.8. The van der Waals surface area contributed by atoms with Crippen LogP contribution in [-0.2, 0) is 4.79 Å². The fraction of sp³-hybridized carbons (Fsp3) is 0.250. The molecule has 2 rings (SSSR count). The van der Waals surface area contributed by atoms with Gasteiger partial charge in [0.25, 0.3) is 0 Å². The van der Waals surface area contributed by atoms with E-state index in [2.05, 4.69) is 4.98 Å². The standard InChI is InChI=1S/C12H14N2O3/c1-6-2-3-9-7(4-6)8(5-14-9)10(15)11(16)12(13)17/h2-5,10-11,14-16H,1H3,(H2,13,17). The van der Waals surface area contributed by atoms with Crippen LogP contribution in [0.25, 0.3) is 10.9 Å². The van der Waals surface area contributed by atoms with Crippen LogP contribution >= 0.6 is 0 Å². The van der Waals surface area contributed by atoms with Gasteiger partial charge >= 0.3 is 0 Å². The minimum atomic E-state index is -1.60. The number of carbonyl (C=O) groups is 1. The summed E-state index contributed by atoms with van der Waals surface area (Å²) in [5.41, 5.74) is 7.29. The van der Waals surface area contributed by atoms with E-state index >= 15 is 0 Å². The Hall–Kier alpha value is -1.85. The van der Waals surface area contributed by atoms with Crippen molar-refractivity contribution in [1.29, 1.82) is 0 Å². The highest BCUT2D eigenvalue weighted by molar-refractivity contribution is 5.86. The van der Waals surface area contributed by atoms with Crippen molar-refractivity contribution < 1.29 is 15.0 Å². The minimum absolute atomic E-state index is 0.468. The van der Waals surface area contributed by atoms with E-state index in [0.29, 0.717) is 5.56 Å². The van der Waals surface area contributed by atoms with Gasteiger partial charge in [0.15, 0.2) is 6.10 Å². The molecule has 0 saturated carbocycles. The molecule has 2 unspecified atom stereocenters. The van der Waals surface area contributed by atoms with Crippen LogP contribution in [0, 0.1) is 6.92 Å². The molecule has 0 radical (unpaired) electrons. The Morgan fingerprint density at radius 3 is 2.76 bits per heavy atom. The van der Waals surface area contributed by atoms with E-state index in [9.17, 15) is 15.0 Å². The summed E-state index contributed by atoms with van der Waals surface area (Å²) in [5.74, 6) is -0.945. The molecular weight excluding hydrogens is 220 g/mol. The minimum Gasteiger partial charge on any atom is -0.385 e. The summed E-state index contributed by atoms with van der Waals surface area (Å²) >= 11 is 0.